The van der Waals surface area contributed by atoms with Gasteiger partial charge in [0.05, 0.1) is 39.9 Å². The minimum Gasteiger partial charge on any atom is -0.391 e. The van der Waals surface area contributed by atoms with E-state index < -0.39 is 20.0 Å². The quantitative estimate of drug-likeness (QED) is 0.0255. The zero-order valence-electron chi connectivity index (χ0n) is 34.0. The van der Waals surface area contributed by atoms with Crippen molar-refractivity contribution in [2.45, 2.75) is 167 Å². The Labute approximate surface area is 320 Å². The van der Waals surface area contributed by atoms with E-state index in [0.717, 1.165) is 57.8 Å². The van der Waals surface area contributed by atoms with E-state index in [1.54, 1.807) is 0 Å². The highest BCUT2D eigenvalue weighted by Gasteiger charge is 2.28. The number of rotatable bonds is 36. The lowest BCUT2D eigenvalue weighted by Crippen LogP contribution is -2.46. The summed E-state index contributed by atoms with van der Waals surface area (Å²) in [5, 5.41) is 13.9. The van der Waals surface area contributed by atoms with Crippen LogP contribution in [-0.4, -0.2) is 73.4 Å². The number of nitrogens with zero attached hydrogens (tertiary/aromatic N) is 1. The van der Waals surface area contributed by atoms with Crippen molar-refractivity contribution in [2.24, 2.45) is 0 Å². The minimum atomic E-state index is -4.33. The number of quaternary nitrogens is 1. The SMILES string of the molecule is CC/C=C\C/C=C\C/C=C\C/C=C\C/C=C\CCCC(=O)NC(COP(=O)(O)OCC[N+](C)(C)C)C(O)CCCCCCCCCCCCCCC. The van der Waals surface area contributed by atoms with E-state index in [1.807, 2.05) is 21.1 Å². The third-order valence-electron chi connectivity index (χ3n) is 8.78. The number of unbranched alkanes of at least 4 members (excludes halogenated alkanes) is 13. The Balaban J connectivity index is 4.54. The van der Waals surface area contributed by atoms with Gasteiger partial charge in [0.25, 0.3) is 0 Å². The van der Waals surface area contributed by atoms with Crippen LogP contribution in [0, 0.1) is 0 Å². The number of likely N-dealkylation sites (N-methyl/N-ethyl adjacent to an activating group) is 1. The van der Waals surface area contributed by atoms with Crippen molar-refractivity contribution in [3.05, 3.63) is 60.8 Å². The van der Waals surface area contributed by atoms with Crippen molar-refractivity contribution in [1.29, 1.82) is 0 Å². The van der Waals surface area contributed by atoms with Gasteiger partial charge in [-0.05, 0) is 51.4 Å². The summed E-state index contributed by atoms with van der Waals surface area (Å²) in [5.41, 5.74) is 0. The summed E-state index contributed by atoms with van der Waals surface area (Å²) < 4.78 is 23.5. The summed E-state index contributed by atoms with van der Waals surface area (Å²) in [5.74, 6) is -0.205. The van der Waals surface area contributed by atoms with Gasteiger partial charge in [-0.15, -0.1) is 0 Å². The van der Waals surface area contributed by atoms with Gasteiger partial charge in [0, 0.05) is 6.42 Å². The van der Waals surface area contributed by atoms with Gasteiger partial charge in [0.15, 0.2) is 0 Å². The van der Waals surface area contributed by atoms with Crippen molar-refractivity contribution in [3.63, 3.8) is 0 Å². The molecule has 0 radical (unpaired) electrons. The maximum atomic E-state index is 12.8. The average Bonchev–Trinajstić information content (AvgIpc) is 3.09. The van der Waals surface area contributed by atoms with E-state index in [0.29, 0.717) is 30.3 Å². The van der Waals surface area contributed by atoms with E-state index in [9.17, 15) is 19.4 Å². The fourth-order valence-corrected chi connectivity index (χ4v) is 6.23. The van der Waals surface area contributed by atoms with Crippen LogP contribution in [0.15, 0.2) is 60.8 Å². The number of nitrogens with one attached hydrogen (secondary N) is 1. The highest BCUT2D eigenvalue weighted by atomic mass is 31.2. The fraction of sp³-hybridized carbons (Fsp3) is 0.744. The smallest absolute Gasteiger partial charge is 0.391 e. The molecule has 3 unspecified atom stereocenters. The maximum Gasteiger partial charge on any atom is 0.472 e. The normalized spacial score (nSPS) is 15.1. The van der Waals surface area contributed by atoms with E-state index in [2.05, 4.69) is 79.9 Å². The molecule has 302 valence electrons. The van der Waals surface area contributed by atoms with Crippen LogP contribution in [0.25, 0.3) is 0 Å². The molecule has 0 aliphatic carbocycles. The zero-order chi connectivity index (χ0) is 38.6. The predicted octanol–water partition coefficient (Wildman–Crippen LogP) is 11.1. The first-order chi connectivity index (χ1) is 25.0. The molecule has 0 aliphatic heterocycles. The van der Waals surface area contributed by atoms with Gasteiger partial charge in [-0.2, -0.15) is 0 Å². The van der Waals surface area contributed by atoms with Gasteiger partial charge in [-0.3, -0.25) is 13.8 Å². The number of amides is 1. The summed E-state index contributed by atoms with van der Waals surface area (Å²) in [6.07, 6.45) is 43.9. The molecular formula is C43H80N2O6P+. The molecule has 3 N–H and O–H groups in total. The molecule has 0 aromatic heterocycles. The maximum absolute atomic E-state index is 12.8. The Hall–Kier alpha value is -1.80. The largest absolute Gasteiger partial charge is 0.472 e. The molecule has 0 saturated heterocycles. The summed E-state index contributed by atoms with van der Waals surface area (Å²) in [6.45, 7) is 4.70. The van der Waals surface area contributed by atoms with Gasteiger partial charge in [-0.1, -0.05) is 158 Å². The van der Waals surface area contributed by atoms with Crippen LogP contribution < -0.4 is 5.32 Å². The van der Waals surface area contributed by atoms with Crippen LogP contribution >= 0.6 is 7.82 Å². The first-order valence-electron chi connectivity index (χ1n) is 20.7. The summed E-state index contributed by atoms with van der Waals surface area (Å²) in [4.78, 5) is 23.1. The van der Waals surface area contributed by atoms with E-state index >= 15 is 0 Å². The lowest BCUT2D eigenvalue weighted by atomic mass is 10.0. The van der Waals surface area contributed by atoms with Gasteiger partial charge in [0.2, 0.25) is 5.91 Å². The first kappa shape index (κ1) is 50.2. The van der Waals surface area contributed by atoms with E-state index in [-0.39, 0.29) is 19.1 Å². The second kappa shape index (κ2) is 34.9. The lowest BCUT2D eigenvalue weighted by molar-refractivity contribution is -0.870. The third kappa shape index (κ3) is 36.6. The van der Waals surface area contributed by atoms with E-state index in [1.165, 1.54) is 64.2 Å². The monoisotopic (exact) mass is 752 g/mol. The number of hydrogen-bond acceptors (Lipinski definition) is 5. The van der Waals surface area contributed by atoms with Gasteiger partial charge < -0.3 is 19.8 Å². The Bertz CT molecular complexity index is 1030. The van der Waals surface area contributed by atoms with Crippen molar-refractivity contribution in [3.8, 4) is 0 Å². The minimum absolute atomic E-state index is 0.0611. The molecule has 0 aliphatic rings. The van der Waals surface area contributed by atoms with Gasteiger partial charge in [0.1, 0.15) is 13.2 Å². The molecule has 0 aromatic rings. The molecule has 3 atom stereocenters. The summed E-state index contributed by atoms with van der Waals surface area (Å²) in [7, 11) is 1.57. The lowest BCUT2D eigenvalue weighted by Gasteiger charge is -2.26. The number of allylic oxidation sites excluding steroid dienone is 10. The Morgan fingerprint density at radius 1 is 0.673 bits per heavy atom. The molecule has 0 fully saturated rings. The van der Waals surface area contributed by atoms with Crippen LogP contribution in [0.3, 0.4) is 0 Å². The Morgan fingerprint density at radius 3 is 1.62 bits per heavy atom. The van der Waals surface area contributed by atoms with E-state index in [4.69, 9.17) is 9.05 Å². The van der Waals surface area contributed by atoms with Crippen molar-refractivity contribution >= 4 is 13.7 Å². The molecule has 0 saturated carbocycles. The number of phosphoric ester groups is 1. The van der Waals surface area contributed by atoms with Crippen LogP contribution in [0.1, 0.15) is 155 Å². The molecule has 9 heteroatoms. The number of carbonyl (C=O) groups excluding carboxylic acids is 1. The number of aliphatic hydroxyl groups excluding tert-OH is 1. The van der Waals surface area contributed by atoms with Gasteiger partial charge >= 0.3 is 7.82 Å². The van der Waals surface area contributed by atoms with Crippen LogP contribution in [0.4, 0.5) is 0 Å². The highest BCUT2D eigenvalue weighted by Crippen LogP contribution is 2.43. The summed E-state index contributed by atoms with van der Waals surface area (Å²) in [6, 6.07) is -0.791. The second-order valence-electron chi connectivity index (χ2n) is 15.0. The molecular weight excluding hydrogens is 671 g/mol. The number of phosphoric acid groups is 1. The zero-order valence-corrected chi connectivity index (χ0v) is 34.9. The molecule has 0 heterocycles. The van der Waals surface area contributed by atoms with Crippen molar-refractivity contribution in [1.82, 2.24) is 5.32 Å². The average molecular weight is 752 g/mol. The highest BCUT2D eigenvalue weighted by molar-refractivity contribution is 7.47. The third-order valence-corrected chi connectivity index (χ3v) is 9.76. The molecule has 8 nitrogen and oxygen atoms in total. The Kier molecular flexibility index (Phi) is 33.7. The number of hydrogen-bond donors (Lipinski definition) is 3. The van der Waals surface area contributed by atoms with Crippen molar-refractivity contribution < 1.29 is 32.9 Å². The standard InChI is InChI=1S/C43H79N2O6P/c1-6-8-10-12-14-16-18-20-21-22-23-25-27-29-31-33-35-37-43(47)44-41(40-51-52(48,49)50-39-38-45(3,4)5)42(46)36-34-32-30-28-26-24-19-17-15-13-11-9-7-2/h8,10,14,16,20-21,23,25,29,31,41-42,46H,6-7,9,11-13,15,17-19,22,24,26-28,30,32-40H2,1-5H3,(H-,44,47,48,49)/p+1/b10-8-,16-14-,21-20-,25-23-,31-29-. The molecule has 0 spiro atoms. The van der Waals surface area contributed by atoms with Crippen LogP contribution in [0.5, 0.6) is 0 Å². The topological polar surface area (TPSA) is 105 Å². The molecule has 52 heavy (non-hydrogen) atoms. The van der Waals surface area contributed by atoms with Crippen LogP contribution in [0.2, 0.25) is 0 Å². The molecule has 1 amide bonds. The summed E-state index contributed by atoms with van der Waals surface area (Å²) >= 11 is 0. The van der Waals surface area contributed by atoms with Crippen LogP contribution in [-0.2, 0) is 18.4 Å². The fourth-order valence-electron chi connectivity index (χ4n) is 5.49. The number of carbonyl (C=O) groups is 1. The molecule has 0 aromatic carbocycles. The molecule has 0 bridgehead atoms. The number of aliphatic hydroxyl groups is 1. The Morgan fingerprint density at radius 2 is 1.13 bits per heavy atom. The predicted molar refractivity (Wildman–Crippen MR) is 221 cm³/mol. The first-order valence-corrected chi connectivity index (χ1v) is 22.1. The van der Waals surface area contributed by atoms with Gasteiger partial charge in [-0.25, -0.2) is 4.57 Å². The van der Waals surface area contributed by atoms with Crippen molar-refractivity contribution in [2.75, 3.05) is 40.9 Å². The molecule has 0 rings (SSSR count). The second-order valence-corrected chi connectivity index (χ2v) is 16.4.